The number of nitrogens with two attached hydrogens (primary N) is 1. The van der Waals surface area contributed by atoms with Crippen LogP contribution in [0.2, 0.25) is 0 Å². The Morgan fingerprint density at radius 3 is 2.71 bits per heavy atom. The average Bonchev–Trinajstić information content (AvgIpc) is 1.87. The molecule has 0 atom stereocenters. The highest BCUT2D eigenvalue weighted by molar-refractivity contribution is 5.18. The van der Waals surface area contributed by atoms with Gasteiger partial charge in [-0.2, -0.15) is 5.16 Å². The molecule has 0 aliphatic carbocycles. The molecular weight excluding hydrogens is 96.0 g/mol. The van der Waals surface area contributed by atoms with Crippen molar-refractivity contribution in [2.24, 2.45) is 0 Å². The van der Waals surface area contributed by atoms with E-state index < -0.39 is 0 Å². The van der Waals surface area contributed by atoms with Crippen molar-refractivity contribution >= 4 is 5.88 Å². The van der Waals surface area contributed by atoms with Crippen LogP contribution in [0.25, 0.3) is 0 Å². The zero-order chi connectivity index (χ0) is 5.28. The number of nitrogens with one attached hydrogen (secondary N) is 1. The van der Waals surface area contributed by atoms with Gasteiger partial charge in [0, 0.05) is 0 Å². The minimum Gasteiger partial charge on any atom is -0.368 e. The second-order valence-electron chi connectivity index (χ2n) is 1.12. The molecule has 0 bridgehead atoms. The molecule has 4 heteroatoms. The Morgan fingerprint density at radius 1 is 1.86 bits per heavy atom. The third-order valence-electron chi connectivity index (χ3n) is 0.543. The van der Waals surface area contributed by atoms with Gasteiger partial charge in [-0.25, -0.2) is 0 Å². The molecule has 7 heavy (non-hydrogen) atoms. The number of H-pyrrole nitrogens is 1. The molecule has 1 aromatic rings. The third-order valence-corrected chi connectivity index (χ3v) is 0.543. The number of aromatic nitrogens is 1. The van der Waals surface area contributed by atoms with Crippen LogP contribution in [0.5, 0.6) is 0 Å². The van der Waals surface area contributed by atoms with E-state index in [4.69, 9.17) is 5.73 Å². The van der Waals surface area contributed by atoms with Crippen LogP contribution < -0.4 is 11.3 Å². The van der Waals surface area contributed by atoms with Crippen LogP contribution in [0.15, 0.2) is 15.4 Å². The maximum atomic E-state index is 10.1. The monoisotopic (exact) mass is 100 g/mol. The Labute approximate surface area is 38.9 Å². The maximum Gasteiger partial charge on any atom is 0.282 e. The summed E-state index contributed by atoms with van der Waals surface area (Å²) in [4.78, 5) is 10.1. The van der Waals surface area contributed by atoms with Crippen molar-refractivity contribution in [3.63, 3.8) is 0 Å². The van der Waals surface area contributed by atoms with Crippen LogP contribution in [0, 0.1) is 0 Å². The van der Waals surface area contributed by atoms with Gasteiger partial charge >= 0.3 is 0 Å². The Bertz CT molecular complexity index is 199. The minimum atomic E-state index is -0.308. The lowest BCUT2D eigenvalue weighted by Crippen LogP contribution is -1.92. The molecule has 1 aromatic heterocycles. The highest BCUT2D eigenvalue weighted by Gasteiger charge is 1.86. The van der Waals surface area contributed by atoms with E-state index in [9.17, 15) is 4.79 Å². The molecule has 4 nitrogen and oxygen atoms in total. The third kappa shape index (κ3) is 0.623. The molecule has 38 valence electrons. The van der Waals surface area contributed by atoms with Gasteiger partial charge in [-0.1, -0.05) is 0 Å². The zero-order valence-corrected chi connectivity index (χ0v) is 3.47. The number of hydrogen-bond acceptors (Lipinski definition) is 3. The van der Waals surface area contributed by atoms with Gasteiger partial charge in [0.1, 0.15) is 0 Å². The number of nitrogen functional groups attached to an aromatic ring is 1. The number of rotatable bonds is 0. The predicted octanol–water partition coefficient (Wildman–Crippen LogP) is -0.450. The fraction of sp³-hybridized carbons (Fsp3) is 0. The summed E-state index contributed by atoms with van der Waals surface area (Å²) >= 11 is 0. The summed E-state index contributed by atoms with van der Waals surface area (Å²) in [5.74, 6) is 0.116. The van der Waals surface area contributed by atoms with Crippen molar-refractivity contribution in [2.75, 3.05) is 5.73 Å². The number of aromatic amines is 1. The first-order chi connectivity index (χ1) is 3.29. The Morgan fingerprint density at radius 2 is 2.57 bits per heavy atom. The lowest BCUT2D eigenvalue weighted by atomic mass is 10.7. The van der Waals surface area contributed by atoms with Gasteiger partial charge in [-0.3, -0.25) is 4.79 Å². The smallest absolute Gasteiger partial charge is 0.282 e. The van der Waals surface area contributed by atoms with Crippen LogP contribution in [0.1, 0.15) is 0 Å². The van der Waals surface area contributed by atoms with Crippen LogP contribution in [0.3, 0.4) is 0 Å². The summed E-state index contributed by atoms with van der Waals surface area (Å²) in [6, 6.07) is 1.17. The Hall–Kier alpha value is -1.19. The zero-order valence-electron chi connectivity index (χ0n) is 3.47. The summed E-state index contributed by atoms with van der Waals surface area (Å²) in [5, 5.41) is 2.01. The molecule has 0 aliphatic rings. The lowest BCUT2D eigenvalue weighted by molar-refractivity contribution is 0.430. The lowest BCUT2D eigenvalue weighted by Gasteiger charge is -1.68. The second-order valence-corrected chi connectivity index (χ2v) is 1.12. The SMILES string of the molecule is Nc1cc(=O)[nH]o1. The molecule has 3 N–H and O–H groups in total. The van der Waals surface area contributed by atoms with E-state index in [2.05, 4.69) is 4.52 Å². The van der Waals surface area contributed by atoms with Crippen molar-refractivity contribution in [1.29, 1.82) is 0 Å². The van der Waals surface area contributed by atoms with Gasteiger partial charge in [0.15, 0.2) is 0 Å². The van der Waals surface area contributed by atoms with Crippen LogP contribution in [-0.4, -0.2) is 5.16 Å². The Balaban J connectivity index is 3.30. The standard InChI is InChI=1S/C3H4N2O2/c4-2-1-3(6)5-7-2/h1H,4H2,(H,5,6). The molecule has 0 aliphatic heterocycles. The van der Waals surface area contributed by atoms with E-state index in [1.807, 2.05) is 5.16 Å². The van der Waals surface area contributed by atoms with Crippen LogP contribution in [0.4, 0.5) is 5.88 Å². The minimum absolute atomic E-state index is 0.116. The summed E-state index contributed by atoms with van der Waals surface area (Å²) in [6.45, 7) is 0. The predicted molar refractivity (Wildman–Crippen MR) is 23.7 cm³/mol. The summed E-state index contributed by atoms with van der Waals surface area (Å²) in [7, 11) is 0. The summed E-state index contributed by atoms with van der Waals surface area (Å²) < 4.78 is 4.30. The summed E-state index contributed by atoms with van der Waals surface area (Å²) in [5.41, 5.74) is 4.67. The highest BCUT2D eigenvalue weighted by atomic mass is 16.5. The van der Waals surface area contributed by atoms with Crippen molar-refractivity contribution in [3.8, 4) is 0 Å². The first-order valence-corrected chi connectivity index (χ1v) is 1.73. The second kappa shape index (κ2) is 1.14. The molecule has 1 heterocycles. The fourth-order valence-electron chi connectivity index (χ4n) is 0.297. The van der Waals surface area contributed by atoms with Crippen molar-refractivity contribution in [3.05, 3.63) is 16.4 Å². The van der Waals surface area contributed by atoms with Crippen LogP contribution in [-0.2, 0) is 0 Å². The average molecular weight is 100 g/mol. The van der Waals surface area contributed by atoms with E-state index in [0.29, 0.717) is 0 Å². The van der Waals surface area contributed by atoms with Gasteiger partial charge in [-0.15, -0.1) is 0 Å². The number of anilines is 1. The van der Waals surface area contributed by atoms with Crippen molar-refractivity contribution in [2.45, 2.75) is 0 Å². The molecule has 0 saturated heterocycles. The van der Waals surface area contributed by atoms with E-state index in [0.717, 1.165) is 0 Å². The van der Waals surface area contributed by atoms with Gasteiger partial charge in [-0.05, 0) is 0 Å². The molecule has 0 fully saturated rings. The first-order valence-electron chi connectivity index (χ1n) is 1.73. The van der Waals surface area contributed by atoms with Gasteiger partial charge in [0.2, 0.25) is 5.88 Å². The van der Waals surface area contributed by atoms with Gasteiger partial charge in [0.05, 0.1) is 6.07 Å². The first kappa shape index (κ1) is 3.98. The molecule has 0 radical (unpaired) electrons. The molecule has 0 unspecified atom stereocenters. The summed E-state index contributed by atoms with van der Waals surface area (Å²) in [6.07, 6.45) is 0. The molecule has 1 rings (SSSR count). The van der Waals surface area contributed by atoms with Crippen molar-refractivity contribution < 1.29 is 4.52 Å². The van der Waals surface area contributed by atoms with E-state index in [1.54, 1.807) is 0 Å². The molecule has 0 aromatic carbocycles. The molecular formula is C3H4N2O2. The largest absolute Gasteiger partial charge is 0.368 e. The van der Waals surface area contributed by atoms with E-state index in [-0.39, 0.29) is 11.4 Å². The maximum absolute atomic E-state index is 10.1. The van der Waals surface area contributed by atoms with Gasteiger partial charge in [0.25, 0.3) is 5.56 Å². The fourth-order valence-corrected chi connectivity index (χ4v) is 0.297. The Kier molecular flexibility index (Phi) is 0.651. The normalized spacial score (nSPS) is 9.14. The quantitative estimate of drug-likeness (QED) is 0.463. The molecule has 0 amide bonds. The topological polar surface area (TPSA) is 72.0 Å². The highest BCUT2D eigenvalue weighted by Crippen LogP contribution is 1.87. The van der Waals surface area contributed by atoms with Gasteiger partial charge < -0.3 is 10.3 Å². The molecule has 0 spiro atoms. The van der Waals surface area contributed by atoms with E-state index in [1.165, 1.54) is 6.07 Å². The molecule has 0 saturated carbocycles. The van der Waals surface area contributed by atoms with Crippen LogP contribution >= 0.6 is 0 Å². The number of hydrogen-bond donors (Lipinski definition) is 2. The van der Waals surface area contributed by atoms with Crippen molar-refractivity contribution in [1.82, 2.24) is 5.16 Å². The van der Waals surface area contributed by atoms with E-state index >= 15 is 0 Å².